The highest BCUT2D eigenvalue weighted by atomic mass is 35.5. The molecule has 0 amide bonds. The van der Waals surface area contributed by atoms with E-state index in [1.807, 2.05) is 6.92 Å². The molecule has 8 heteroatoms. The number of nitrogens with one attached hydrogen (secondary N) is 3. The monoisotopic (exact) mass is 394 g/mol. The Bertz CT molecular complexity index is 852. The molecule has 0 spiro atoms. The van der Waals surface area contributed by atoms with Crippen molar-refractivity contribution in [1.29, 1.82) is 0 Å². The molecule has 26 heavy (non-hydrogen) atoms. The van der Waals surface area contributed by atoms with Crippen molar-refractivity contribution in [3.8, 4) is 0 Å². The first-order chi connectivity index (χ1) is 12.4. The van der Waals surface area contributed by atoms with Crippen LogP contribution >= 0.6 is 11.6 Å². The fourth-order valence-corrected chi connectivity index (χ4v) is 3.53. The lowest BCUT2D eigenvalue weighted by Crippen LogP contribution is -2.41. The maximum atomic E-state index is 12.2. The Labute approximate surface area is 159 Å². The summed E-state index contributed by atoms with van der Waals surface area (Å²) >= 11 is 5.84. The highest BCUT2D eigenvalue weighted by Crippen LogP contribution is 2.14. The minimum Gasteiger partial charge on any atom is -0.355 e. The van der Waals surface area contributed by atoms with Gasteiger partial charge in [-0.05, 0) is 30.7 Å². The first-order valence-corrected chi connectivity index (χ1v) is 10.0. The van der Waals surface area contributed by atoms with Gasteiger partial charge in [-0.3, -0.25) is 4.99 Å². The Morgan fingerprint density at radius 3 is 2.46 bits per heavy atom. The van der Waals surface area contributed by atoms with E-state index in [0.717, 1.165) is 5.56 Å². The van der Waals surface area contributed by atoms with Gasteiger partial charge in [-0.1, -0.05) is 47.5 Å². The van der Waals surface area contributed by atoms with Crippen LogP contribution in [0, 0.1) is 6.92 Å². The second-order valence-electron chi connectivity index (χ2n) is 5.69. The summed E-state index contributed by atoms with van der Waals surface area (Å²) in [7, 11) is -1.91. The molecule has 6 nitrogen and oxygen atoms in total. The molecule has 0 aliphatic carbocycles. The minimum absolute atomic E-state index is 0.145. The zero-order valence-corrected chi connectivity index (χ0v) is 16.4. The lowest BCUT2D eigenvalue weighted by Gasteiger charge is -2.13. The maximum Gasteiger partial charge on any atom is 0.240 e. The van der Waals surface area contributed by atoms with Gasteiger partial charge in [0.2, 0.25) is 10.0 Å². The fraction of sp³-hybridized carbons (Fsp3) is 0.278. The van der Waals surface area contributed by atoms with Crippen molar-refractivity contribution in [3.63, 3.8) is 0 Å². The van der Waals surface area contributed by atoms with Gasteiger partial charge in [0.15, 0.2) is 5.96 Å². The molecule has 0 saturated heterocycles. The molecule has 0 atom stereocenters. The van der Waals surface area contributed by atoms with Crippen molar-refractivity contribution < 1.29 is 8.42 Å². The summed E-state index contributed by atoms with van der Waals surface area (Å²) < 4.78 is 26.9. The third-order valence-corrected chi connectivity index (χ3v) is 5.31. The van der Waals surface area contributed by atoms with E-state index in [0.29, 0.717) is 24.1 Å². The Hall–Kier alpha value is -2.09. The molecule has 2 aromatic carbocycles. The number of hydrogen-bond donors (Lipinski definition) is 3. The molecule has 0 saturated carbocycles. The van der Waals surface area contributed by atoms with Gasteiger partial charge < -0.3 is 10.6 Å². The Morgan fingerprint density at radius 1 is 1.08 bits per heavy atom. The topological polar surface area (TPSA) is 82.6 Å². The molecule has 2 rings (SSSR count). The van der Waals surface area contributed by atoms with E-state index in [9.17, 15) is 8.42 Å². The van der Waals surface area contributed by atoms with E-state index in [1.165, 1.54) is 17.7 Å². The summed E-state index contributed by atoms with van der Waals surface area (Å²) in [6.45, 7) is 3.30. The van der Waals surface area contributed by atoms with E-state index in [-0.39, 0.29) is 11.4 Å². The van der Waals surface area contributed by atoms with Gasteiger partial charge in [-0.25, -0.2) is 13.1 Å². The van der Waals surface area contributed by atoms with Crippen LogP contribution in [0.25, 0.3) is 0 Å². The van der Waals surface area contributed by atoms with Gasteiger partial charge >= 0.3 is 0 Å². The van der Waals surface area contributed by atoms with Crippen molar-refractivity contribution in [3.05, 3.63) is 64.7 Å². The molecule has 3 N–H and O–H groups in total. The molecule has 0 aliphatic heterocycles. The summed E-state index contributed by atoms with van der Waals surface area (Å²) in [4.78, 5) is 4.27. The maximum absolute atomic E-state index is 12.2. The quantitative estimate of drug-likeness (QED) is 0.382. The van der Waals surface area contributed by atoms with Crippen molar-refractivity contribution in [1.82, 2.24) is 15.4 Å². The highest BCUT2D eigenvalue weighted by molar-refractivity contribution is 7.89. The van der Waals surface area contributed by atoms with Crippen LogP contribution < -0.4 is 15.4 Å². The first-order valence-electron chi connectivity index (χ1n) is 8.16. The SMILES string of the molecule is CN=C(NCCNS(=O)(=O)c1cccc(Cl)c1)NCc1ccc(C)cc1. The van der Waals surface area contributed by atoms with Crippen molar-refractivity contribution in [2.24, 2.45) is 4.99 Å². The molecule has 0 heterocycles. The lowest BCUT2D eigenvalue weighted by molar-refractivity contribution is 0.580. The predicted molar refractivity (Wildman–Crippen MR) is 106 cm³/mol. The molecule has 0 unspecified atom stereocenters. The molecule has 0 bridgehead atoms. The Morgan fingerprint density at radius 2 is 1.81 bits per heavy atom. The fourth-order valence-electron chi connectivity index (χ4n) is 2.20. The van der Waals surface area contributed by atoms with Crippen LogP contribution in [0.15, 0.2) is 58.4 Å². The van der Waals surface area contributed by atoms with E-state index in [4.69, 9.17) is 11.6 Å². The molecule has 140 valence electrons. The predicted octanol–water partition coefficient (Wildman–Crippen LogP) is 2.29. The smallest absolute Gasteiger partial charge is 0.240 e. The Kier molecular flexibility index (Phi) is 7.44. The number of halogens is 1. The third kappa shape index (κ3) is 6.33. The van der Waals surface area contributed by atoms with Gasteiger partial charge in [0, 0.05) is 31.7 Å². The average molecular weight is 395 g/mol. The van der Waals surface area contributed by atoms with Gasteiger partial charge in [-0.15, -0.1) is 0 Å². The standard InChI is InChI=1S/C18H23ClN4O2S/c1-14-6-8-15(9-7-14)13-22-18(20-2)21-10-11-23-26(24,25)17-5-3-4-16(19)12-17/h3-9,12,23H,10-11,13H2,1-2H3,(H2,20,21,22). The zero-order chi connectivity index (χ0) is 19.0. The number of sulfonamides is 1. The van der Waals surface area contributed by atoms with E-state index >= 15 is 0 Å². The third-order valence-electron chi connectivity index (χ3n) is 3.62. The van der Waals surface area contributed by atoms with Crippen LogP contribution in [-0.4, -0.2) is 34.5 Å². The molecule has 0 fully saturated rings. The molecular weight excluding hydrogens is 372 g/mol. The number of guanidine groups is 1. The second kappa shape index (κ2) is 9.56. The van der Waals surface area contributed by atoms with Crippen LogP contribution in [0.1, 0.15) is 11.1 Å². The summed E-state index contributed by atoms with van der Waals surface area (Å²) in [6, 6.07) is 14.4. The molecule has 0 radical (unpaired) electrons. The molecule has 2 aromatic rings. The molecule has 0 aliphatic rings. The average Bonchev–Trinajstić information content (AvgIpc) is 2.62. The highest BCUT2D eigenvalue weighted by Gasteiger charge is 2.13. The van der Waals surface area contributed by atoms with Crippen LogP contribution in [-0.2, 0) is 16.6 Å². The molecule has 0 aromatic heterocycles. The summed E-state index contributed by atoms with van der Waals surface area (Å²) in [5.74, 6) is 0.604. The second-order valence-corrected chi connectivity index (χ2v) is 7.90. The largest absolute Gasteiger partial charge is 0.355 e. The summed E-state index contributed by atoms with van der Waals surface area (Å²) in [5, 5.41) is 6.64. The van der Waals surface area contributed by atoms with Gasteiger partial charge in [-0.2, -0.15) is 0 Å². The minimum atomic E-state index is -3.58. The van der Waals surface area contributed by atoms with E-state index in [2.05, 4.69) is 44.6 Å². The first kappa shape index (κ1) is 20.2. The van der Waals surface area contributed by atoms with Crippen LogP contribution in [0.5, 0.6) is 0 Å². The van der Waals surface area contributed by atoms with Crippen molar-refractivity contribution in [2.45, 2.75) is 18.4 Å². The van der Waals surface area contributed by atoms with Crippen molar-refractivity contribution in [2.75, 3.05) is 20.1 Å². The number of aliphatic imine (C=N–C) groups is 1. The number of rotatable bonds is 7. The number of nitrogens with zero attached hydrogens (tertiary/aromatic N) is 1. The van der Waals surface area contributed by atoms with Crippen LogP contribution in [0.2, 0.25) is 5.02 Å². The van der Waals surface area contributed by atoms with Gasteiger partial charge in [0.25, 0.3) is 0 Å². The summed E-state index contributed by atoms with van der Waals surface area (Å²) in [6.07, 6.45) is 0. The lowest BCUT2D eigenvalue weighted by atomic mass is 10.1. The Balaban J connectivity index is 1.77. The number of benzene rings is 2. The zero-order valence-electron chi connectivity index (χ0n) is 14.8. The van der Waals surface area contributed by atoms with E-state index < -0.39 is 10.0 Å². The summed E-state index contributed by atoms with van der Waals surface area (Å²) in [5.41, 5.74) is 2.35. The normalized spacial score (nSPS) is 12.0. The van der Waals surface area contributed by atoms with E-state index in [1.54, 1.807) is 19.2 Å². The van der Waals surface area contributed by atoms with Gasteiger partial charge in [0.05, 0.1) is 4.90 Å². The number of hydrogen-bond acceptors (Lipinski definition) is 3. The van der Waals surface area contributed by atoms with Crippen molar-refractivity contribution >= 4 is 27.6 Å². The van der Waals surface area contributed by atoms with Crippen LogP contribution in [0.3, 0.4) is 0 Å². The molecular formula is C18H23ClN4O2S. The van der Waals surface area contributed by atoms with Gasteiger partial charge in [0.1, 0.15) is 0 Å². The van der Waals surface area contributed by atoms with Crippen LogP contribution in [0.4, 0.5) is 0 Å². The number of aryl methyl sites for hydroxylation is 1.